The minimum Gasteiger partial charge on any atom is -0.287 e. The van der Waals surface area contributed by atoms with Gasteiger partial charge in [-0.3, -0.25) is 27.1 Å². The van der Waals surface area contributed by atoms with Gasteiger partial charge in [-0.1, -0.05) is 0 Å². The van der Waals surface area contributed by atoms with Crippen molar-refractivity contribution in [1.29, 1.82) is 0 Å². The van der Waals surface area contributed by atoms with Crippen molar-refractivity contribution >= 4 is 15.6 Å². The lowest BCUT2D eigenvalue weighted by Crippen LogP contribution is -2.25. The van der Waals surface area contributed by atoms with E-state index < -0.39 is 38.0 Å². The van der Waals surface area contributed by atoms with Crippen molar-refractivity contribution in [2.24, 2.45) is 0 Å². The molecule has 8 nitrogen and oxygen atoms in total. The standard InChI is InChI=1S/C19H42O8P2/c1-16(2,3)24-28(20,25-17(4,5)6)22-14-13-15-23-29(21,26-18(7,8)9)27-19(10,11)12/h13-15H2,1-12H3. The maximum Gasteiger partial charge on any atom is 0.475 e. The first-order chi connectivity index (χ1) is 12.5. The molecule has 0 aromatic carbocycles. The van der Waals surface area contributed by atoms with E-state index in [1.165, 1.54) is 0 Å². The zero-order chi connectivity index (χ0) is 23.4. The highest BCUT2D eigenvalue weighted by molar-refractivity contribution is 7.48. The molecule has 0 radical (unpaired) electrons. The van der Waals surface area contributed by atoms with Crippen LogP contribution < -0.4 is 0 Å². The zero-order valence-electron chi connectivity index (χ0n) is 20.3. The summed E-state index contributed by atoms with van der Waals surface area (Å²) in [4.78, 5) is 0. The normalized spacial score (nSPS) is 15.0. The number of rotatable bonds is 10. The fourth-order valence-electron chi connectivity index (χ4n) is 1.90. The van der Waals surface area contributed by atoms with Crippen LogP contribution in [0.15, 0.2) is 0 Å². The molecule has 0 spiro atoms. The van der Waals surface area contributed by atoms with E-state index in [0.29, 0.717) is 0 Å². The van der Waals surface area contributed by atoms with E-state index in [2.05, 4.69) is 0 Å². The molecule has 0 aliphatic carbocycles. The maximum absolute atomic E-state index is 13.0. The molecule has 0 aliphatic heterocycles. The highest BCUT2D eigenvalue weighted by Crippen LogP contribution is 2.57. The number of phosphoric acid groups is 2. The van der Waals surface area contributed by atoms with E-state index in [4.69, 9.17) is 27.1 Å². The van der Waals surface area contributed by atoms with E-state index in [0.717, 1.165) is 0 Å². The molecule has 0 aliphatic rings. The Labute approximate surface area is 177 Å². The second-order valence-corrected chi connectivity index (χ2v) is 13.8. The third-order valence-corrected chi connectivity index (χ3v) is 6.41. The van der Waals surface area contributed by atoms with Crippen molar-refractivity contribution in [3.8, 4) is 0 Å². The molecule has 0 heterocycles. The van der Waals surface area contributed by atoms with Crippen LogP contribution in [-0.2, 0) is 36.3 Å². The first kappa shape index (κ1) is 29.2. The van der Waals surface area contributed by atoms with Crippen molar-refractivity contribution in [2.45, 2.75) is 112 Å². The van der Waals surface area contributed by atoms with Gasteiger partial charge in [0.05, 0.1) is 35.6 Å². The summed E-state index contributed by atoms with van der Waals surface area (Å²) in [5.74, 6) is 0. The summed E-state index contributed by atoms with van der Waals surface area (Å²) in [6.07, 6.45) is 0.288. The number of phosphoric ester groups is 2. The molecule has 0 atom stereocenters. The van der Waals surface area contributed by atoms with Gasteiger partial charge in [0.25, 0.3) is 0 Å². The quantitative estimate of drug-likeness (QED) is 0.257. The molecule has 29 heavy (non-hydrogen) atoms. The molecule has 0 rings (SSSR count). The minimum absolute atomic E-state index is 0.0223. The summed E-state index contributed by atoms with van der Waals surface area (Å²) in [6, 6.07) is 0. The second-order valence-electron chi connectivity index (χ2n) is 10.7. The van der Waals surface area contributed by atoms with Gasteiger partial charge in [0.1, 0.15) is 0 Å². The third kappa shape index (κ3) is 16.6. The first-order valence-electron chi connectivity index (χ1n) is 9.85. The van der Waals surface area contributed by atoms with E-state index in [-0.39, 0.29) is 19.6 Å². The summed E-state index contributed by atoms with van der Waals surface area (Å²) >= 11 is 0. The molecule has 0 aromatic rings. The molecule has 0 unspecified atom stereocenters. The first-order valence-corrected chi connectivity index (χ1v) is 12.8. The fourth-order valence-corrected chi connectivity index (χ4v) is 5.57. The van der Waals surface area contributed by atoms with Crippen molar-refractivity contribution in [3.05, 3.63) is 0 Å². The minimum atomic E-state index is -3.80. The zero-order valence-corrected chi connectivity index (χ0v) is 22.1. The predicted octanol–water partition coefficient (Wildman–Crippen LogP) is 6.89. The van der Waals surface area contributed by atoms with Crippen LogP contribution in [0.1, 0.15) is 89.5 Å². The van der Waals surface area contributed by atoms with Crippen molar-refractivity contribution in [1.82, 2.24) is 0 Å². The summed E-state index contributed by atoms with van der Waals surface area (Å²) < 4.78 is 59.0. The van der Waals surface area contributed by atoms with Gasteiger partial charge in [0.2, 0.25) is 0 Å². The van der Waals surface area contributed by atoms with Gasteiger partial charge in [-0.25, -0.2) is 9.13 Å². The van der Waals surface area contributed by atoms with Gasteiger partial charge in [0.15, 0.2) is 0 Å². The Hall–Kier alpha value is 0.220. The van der Waals surface area contributed by atoms with Gasteiger partial charge >= 0.3 is 15.6 Å². The van der Waals surface area contributed by atoms with Gasteiger partial charge in [-0.15, -0.1) is 0 Å². The Morgan fingerprint density at radius 3 is 0.862 bits per heavy atom. The molecule has 0 aromatic heterocycles. The molecule has 0 amide bonds. The van der Waals surface area contributed by atoms with Crippen LogP contribution >= 0.6 is 15.6 Å². The van der Waals surface area contributed by atoms with E-state index >= 15 is 0 Å². The van der Waals surface area contributed by atoms with Crippen LogP contribution in [-0.4, -0.2) is 35.6 Å². The number of hydrogen-bond donors (Lipinski definition) is 0. The Morgan fingerprint density at radius 2 is 0.690 bits per heavy atom. The van der Waals surface area contributed by atoms with Gasteiger partial charge < -0.3 is 0 Å². The van der Waals surface area contributed by atoms with Gasteiger partial charge in [0, 0.05) is 0 Å². The van der Waals surface area contributed by atoms with E-state index in [9.17, 15) is 9.13 Å². The lowest BCUT2D eigenvalue weighted by molar-refractivity contribution is -0.00337. The largest absolute Gasteiger partial charge is 0.475 e. The summed E-state index contributed by atoms with van der Waals surface area (Å²) in [5, 5.41) is 0. The molecule has 0 N–H and O–H groups in total. The molecule has 0 fully saturated rings. The number of hydrogen-bond acceptors (Lipinski definition) is 8. The molecule has 0 bridgehead atoms. The third-order valence-electron chi connectivity index (χ3n) is 2.33. The molecular formula is C19H42O8P2. The second kappa shape index (κ2) is 10.2. The van der Waals surface area contributed by atoms with Crippen molar-refractivity contribution in [2.75, 3.05) is 13.2 Å². The average molecular weight is 460 g/mol. The predicted molar refractivity (Wildman–Crippen MR) is 115 cm³/mol. The van der Waals surface area contributed by atoms with Gasteiger partial charge in [-0.2, -0.15) is 0 Å². The Morgan fingerprint density at radius 1 is 0.483 bits per heavy atom. The van der Waals surface area contributed by atoms with Crippen LogP contribution in [0.4, 0.5) is 0 Å². The van der Waals surface area contributed by atoms with Crippen LogP contribution in [0.5, 0.6) is 0 Å². The lowest BCUT2D eigenvalue weighted by Gasteiger charge is -2.31. The van der Waals surface area contributed by atoms with Gasteiger partial charge in [-0.05, 0) is 89.5 Å². The van der Waals surface area contributed by atoms with Crippen LogP contribution in [0, 0.1) is 0 Å². The Balaban J connectivity index is 4.91. The van der Waals surface area contributed by atoms with Crippen molar-refractivity contribution < 1.29 is 36.3 Å². The maximum atomic E-state index is 13.0. The van der Waals surface area contributed by atoms with Crippen LogP contribution in [0.3, 0.4) is 0 Å². The lowest BCUT2D eigenvalue weighted by atomic mass is 10.2. The Kier molecular flexibility index (Phi) is 10.3. The van der Waals surface area contributed by atoms with Crippen molar-refractivity contribution in [3.63, 3.8) is 0 Å². The summed E-state index contributed by atoms with van der Waals surface area (Å²) in [7, 11) is -7.59. The molecular weight excluding hydrogens is 418 g/mol. The monoisotopic (exact) mass is 460 g/mol. The smallest absolute Gasteiger partial charge is 0.287 e. The highest BCUT2D eigenvalue weighted by atomic mass is 31.2. The van der Waals surface area contributed by atoms with Crippen LogP contribution in [0.25, 0.3) is 0 Å². The summed E-state index contributed by atoms with van der Waals surface area (Å²) in [5.41, 5.74) is -2.86. The average Bonchev–Trinajstić information content (AvgIpc) is 2.27. The van der Waals surface area contributed by atoms with E-state index in [1.54, 1.807) is 83.1 Å². The van der Waals surface area contributed by atoms with E-state index in [1.807, 2.05) is 0 Å². The fraction of sp³-hybridized carbons (Fsp3) is 1.00. The molecule has 0 saturated heterocycles. The molecule has 176 valence electrons. The topological polar surface area (TPSA) is 89.5 Å². The Bertz CT molecular complexity index is 499. The van der Waals surface area contributed by atoms with Crippen LogP contribution in [0.2, 0.25) is 0 Å². The highest BCUT2D eigenvalue weighted by Gasteiger charge is 2.38. The molecule has 0 saturated carbocycles. The molecule has 10 heteroatoms. The summed E-state index contributed by atoms with van der Waals surface area (Å²) in [6.45, 7) is 21.2. The SMILES string of the molecule is CC(C)(C)OP(=O)(OCCCOP(=O)(OC(C)(C)C)OC(C)(C)C)OC(C)(C)C.